The highest BCUT2D eigenvalue weighted by Crippen LogP contribution is 2.06. The normalized spacial score (nSPS) is 13.4. The molecule has 0 bridgehead atoms. The second kappa shape index (κ2) is 8.28. The van der Waals surface area contributed by atoms with Crippen molar-refractivity contribution in [2.45, 2.75) is 51.2 Å². The average molecular weight is 171 g/mol. The fourth-order valence-electron chi connectivity index (χ4n) is 1.05. The Bertz CT molecular complexity index is 76.0. The molecule has 11 heavy (non-hydrogen) atoms. The lowest BCUT2D eigenvalue weighted by Crippen LogP contribution is -2.08. The molecule has 0 saturated heterocycles. The molecule has 0 spiro atoms. The Morgan fingerprint density at radius 3 is 2.36 bits per heavy atom. The first-order valence-corrected chi connectivity index (χ1v) is 5.13. The van der Waals surface area contributed by atoms with Gasteiger partial charge in [0.15, 0.2) is 0 Å². The van der Waals surface area contributed by atoms with E-state index in [0.717, 1.165) is 6.42 Å². The van der Waals surface area contributed by atoms with Crippen molar-refractivity contribution in [3.05, 3.63) is 0 Å². The van der Waals surface area contributed by atoms with Gasteiger partial charge in [0.2, 0.25) is 0 Å². The molecule has 3 radical (unpaired) electrons. The van der Waals surface area contributed by atoms with Gasteiger partial charge in [0.05, 0.1) is 10.2 Å². The van der Waals surface area contributed by atoms with Crippen LogP contribution in [0.25, 0.3) is 0 Å². The van der Waals surface area contributed by atoms with E-state index < -0.39 is 0 Å². The molecule has 1 unspecified atom stereocenters. The second-order valence-electron chi connectivity index (χ2n) is 2.93. The zero-order valence-electron chi connectivity index (χ0n) is 7.73. The topological polar surface area (TPSA) is 9.23 Å². The second-order valence-corrected chi connectivity index (χ2v) is 3.57. The van der Waals surface area contributed by atoms with Gasteiger partial charge in [0.1, 0.15) is 0 Å². The summed E-state index contributed by atoms with van der Waals surface area (Å²) in [6.45, 7) is 2.24. The summed E-state index contributed by atoms with van der Waals surface area (Å²) >= 11 is 0. The van der Waals surface area contributed by atoms with E-state index in [1.165, 1.54) is 32.1 Å². The van der Waals surface area contributed by atoms with Gasteiger partial charge < -0.3 is 4.74 Å². The van der Waals surface area contributed by atoms with Gasteiger partial charge >= 0.3 is 0 Å². The third-order valence-electron chi connectivity index (χ3n) is 1.85. The molecular weight excluding hydrogens is 152 g/mol. The van der Waals surface area contributed by atoms with Crippen LogP contribution in [-0.4, -0.2) is 23.1 Å². The number of methoxy groups -OCH3 is 1. The lowest BCUT2D eigenvalue weighted by molar-refractivity contribution is 0.156. The average Bonchev–Trinajstić information content (AvgIpc) is 2.04. The summed E-state index contributed by atoms with van der Waals surface area (Å²) in [4.78, 5) is 0. The summed E-state index contributed by atoms with van der Waals surface area (Å²) in [5.41, 5.74) is 0.261. The molecule has 0 aromatic carbocycles. The molecule has 0 aliphatic carbocycles. The Morgan fingerprint density at radius 1 is 1.18 bits per heavy atom. The highest BCUT2D eigenvalue weighted by Gasteiger charge is 1.97. The van der Waals surface area contributed by atoms with Gasteiger partial charge in [-0.2, -0.15) is 0 Å². The van der Waals surface area contributed by atoms with Crippen molar-refractivity contribution in [3.63, 3.8) is 0 Å². The fraction of sp³-hybridized carbons (Fsp3) is 1.00. The van der Waals surface area contributed by atoms with E-state index in [1.807, 2.05) is 0 Å². The van der Waals surface area contributed by atoms with E-state index in [-0.39, 0.29) is 5.73 Å². The summed E-state index contributed by atoms with van der Waals surface area (Å²) in [7, 11) is 5.21. The molecule has 1 atom stereocenters. The molecule has 0 rings (SSSR count). The van der Waals surface area contributed by atoms with Crippen molar-refractivity contribution in [3.8, 4) is 0 Å². The van der Waals surface area contributed by atoms with Gasteiger partial charge in [0.25, 0.3) is 0 Å². The smallest absolute Gasteiger partial charge is 0.0657 e. The minimum atomic E-state index is 0.261. The summed E-state index contributed by atoms with van der Waals surface area (Å²) in [6.07, 6.45) is 7.83. The highest BCUT2D eigenvalue weighted by atomic mass is 28.1. The largest absolute Gasteiger partial charge is 0.386 e. The zero-order valence-corrected chi connectivity index (χ0v) is 8.73. The summed E-state index contributed by atoms with van der Waals surface area (Å²) in [5.74, 6) is 0. The van der Waals surface area contributed by atoms with E-state index >= 15 is 0 Å². The monoisotopic (exact) mass is 171 g/mol. The Hall–Kier alpha value is 0.177. The van der Waals surface area contributed by atoms with E-state index in [1.54, 1.807) is 7.11 Å². The molecular formula is C9H19OSi. The van der Waals surface area contributed by atoms with Crippen molar-refractivity contribution in [1.29, 1.82) is 0 Å². The SMILES string of the molecule is CCCCCCCC([Si])OC. The van der Waals surface area contributed by atoms with Gasteiger partial charge in [-0.05, 0) is 6.42 Å². The zero-order chi connectivity index (χ0) is 8.53. The number of ether oxygens (including phenoxy) is 1. The number of hydrogen-bond acceptors (Lipinski definition) is 1. The standard InChI is InChI=1S/C9H19OSi/c1-3-4-5-6-7-8-9(11)10-2/h9H,3-8H2,1-2H3. The molecule has 0 N–H and O–H groups in total. The van der Waals surface area contributed by atoms with Crippen LogP contribution in [-0.2, 0) is 4.74 Å². The van der Waals surface area contributed by atoms with Crippen molar-refractivity contribution < 1.29 is 4.74 Å². The number of hydrogen-bond donors (Lipinski definition) is 0. The van der Waals surface area contributed by atoms with Crippen molar-refractivity contribution in [2.24, 2.45) is 0 Å². The van der Waals surface area contributed by atoms with Crippen molar-refractivity contribution in [1.82, 2.24) is 0 Å². The van der Waals surface area contributed by atoms with Crippen LogP contribution >= 0.6 is 0 Å². The Balaban J connectivity index is 2.89. The van der Waals surface area contributed by atoms with Crippen LogP contribution in [0.3, 0.4) is 0 Å². The minimum Gasteiger partial charge on any atom is -0.386 e. The van der Waals surface area contributed by atoms with Crippen molar-refractivity contribution >= 4 is 10.2 Å². The van der Waals surface area contributed by atoms with Gasteiger partial charge in [-0.15, -0.1) is 0 Å². The lowest BCUT2D eigenvalue weighted by atomic mass is 10.1. The van der Waals surface area contributed by atoms with Gasteiger partial charge in [0, 0.05) is 12.8 Å². The van der Waals surface area contributed by atoms with Crippen LogP contribution in [0.5, 0.6) is 0 Å². The predicted octanol–water partition coefficient (Wildman–Crippen LogP) is 2.49. The van der Waals surface area contributed by atoms with Crippen LogP contribution < -0.4 is 0 Å². The summed E-state index contributed by atoms with van der Waals surface area (Å²) in [6, 6.07) is 0. The van der Waals surface area contributed by atoms with E-state index in [0.29, 0.717) is 0 Å². The third-order valence-corrected chi connectivity index (χ3v) is 2.38. The van der Waals surface area contributed by atoms with E-state index in [9.17, 15) is 0 Å². The van der Waals surface area contributed by atoms with Gasteiger partial charge in [-0.3, -0.25) is 0 Å². The third kappa shape index (κ3) is 8.08. The van der Waals surface area contributed by atoms with Crippen molar-refractivity contribution in [2.75, 3.05) is 7.11 Å². The first-order chi connectivity index (χ1) is 5.31. The predicted molar refractivity (Wildman–Crippen MR) is 49.9 cm³/mol. The molecule has 1 nitrogen and oxygen atoms in total. The number of unbranched alkanes of at least 4 members (excludes halogenated alkanes) is 4. The molecule has 0 aromatic heterocycles. The quantitative estimate of drug-likeness (QED) is 0.422. The Kier molecular flexibility index (Phi) is 8.41. The van der Waals surface area contributed by atoms with E-state index in [2.05, 4.69) is 17.2 Å². The molecule has 65 valence electrons. The fourth-order valence-corrected chi connectivity index (χ4v) is 1.26. The molecule has 0 aromatic rings. The Labute approximate surface area is 73.9 Å². The van der Waals surface area contributed by atoms with Gasteiger partial charge in [-0.25, -0.2) is 0 Å². The van der Waals surface area contributed by atoms with Crippen LogP contribution in [0, 0.1) is 0 Å². The summed E-state index contributed by atoms with van der Waals surface area (Å²) < 4.78 is 5.07. The van der Waals surface area contributed by atoms with Crippen LogP contribution in [0.4, 0.5) is 0 Å². The maximum atomic E-state index is 5.07. The molecule has 0 fully saturated rings. The molecule has 0 amide bonds. The maximum Gasteiger partial charge on any atom is 0.0657 e. The Morgan fingerprint density at radius 2 is 1.82 bits per heavy atom. The van der Waals surface area contributed by atoms with Crippen LogP contribution in [0.1, 0.15) is 45.4 Å². The first kappa shape index (κ1) is 11.2. The summed E-state index contributed by atoms with van der Waals surface area (Å²) in [5, 5.41) is 0. The lowest BCUT2D eigenvalue weighted by Gasteiger charge is -2.07. The molecule has 0 saturated carbocycles. The molecule has 0 aliphatic rings. The van der Waals surface area contributed by atoms with Crippen LogP contribution in [0.15, 0.2) is 0 Å². The first-order valence-electron chi connectivity index (χ1n) is 4.55. The number of rotatable bonds is 7. The van der Waals surface area contributed by atoms with E-state index in [4.69, 9.17) is 4.74 Å². The molecule has 0 aliphatic heterocycles. The van der Waals surface area contributed by atoms with Gasteiger partial charge in [-0.1, -0.05) is 39.0 Å². The molecule has 0 heterocycles. The maximum absolute atomic E-state index is 5.07. The highest BCUT2D eigenvalue weighted by molar-refractivity contribution is 6.10. The van der Waals surface area contributed by atoms with Crippen LogP contribution in [0.2, 0.25) is 0 Å². The minimum absolute atomic E-state index is 0.261. The molecule has 2 heteroatoms.